The van der Waals surface area contributed by atoms with Gasteiger partial charge in [0.15, 0.2) is 0 Å². The van der Waals surface area contributed by atoms with Gasteiger partial charge in [-0.1, -0.05) is 31.5 Å². The zero-order chi connectivity index (χ0) is 18.5. The number of carbonyl (C=O) groups excluding carboxylic acids is 1. The molecule has 24 heavy (non-hydrogen) atoms. The lowest BCUT2D eigenvalue weighted by atomic mass is 10.1. The van der Waals surface area contributed by atoms with E-state index in [0.717, 1.165) is 6.26 Å². The van der Waals surface area contributed by atoms with E-state index >= 15 is 0 Å². The van der Waals surface area contributed by atoms with Gasteiger partial charge in [-0.25, -0.2) is 8.42 Å². The molecule has 136 valence electrons. The lowest BCUT2D eigenvalue weighted by Crippen LogP contribution is -2.37. The van der Waals surface area contributed by atoms with Gasteiger partial charge < -0.3 is 5.32 Å². The molecule has 0 aromatic heterocycles. The predicted molar refractivity (Wildman–Crippen MR) is 100 cm³/mol. The number of carbonyl (C=O) groups is 1. The van der Waals surface area contributed by atoms with E-state index < -0.39 is 10.0 Å². The van der Waals surface area contributed by atoms with Crippen LogP contribution in [0.4, 0.5) is 5.69 Å². The first-order valence-corrected chi connectivity index (χ1v) is 10.3. The van der Waals surface area contributed by atoms with Crippen molar-refractivity contribution in [3.8, 4) is 0 Å². The minimum absolute atomic E-state index is 0.0625. The molecule has 0 aliphatic rings. The second-order valence-corrected chi connectivity index (χ2v) is 8.74. The van der Waals surface area contributed by atoms with E-state index in [1.807, 2.05) is 20.8 Å². The van der Waals surface area contributed by atoms with Crippen LogP contribution in [0.2, 0.25) is 5.02 Å². The zero-order valence-electron chi connectivity index (χ0n) is 15.0. The summed E-state index contributed by atoms with van der Waals surface area (Å²) < 4.78 is 25.6. The number of nitrogens with zero attached hydrogens (tertiary/aromatic N) is 1. The number of benzene rings is 1. The monoisotopic (exact) mass is 374 g/mol. The molecule has 1 aromatic rings. The highest BCUT2D eigenvalue weighted by molar-refractivity contribution is 7.92. The summed E-state index contributed by atoms with van der Waals surface area (Å²) in [4.78, 5) is 11.9. The molecule has 0 aliphatic heterocycles. The summed E-state index contributed by atoms with van der Waals surface area (Å²) in [5.41, 5.74) is 1.27. The average molecular weight is 375 g/mol. The van der Waals surface area contributed by atoms with Gasteiger partial charge in [-0.05, 0) is 43.9 Å². The first-order chi connectivity index (χ1) is 11.0. The molecule has 1 rings (SSSR count). The van der Waals surface area contributed by atoms with Crippen molar-refractivity contribution in [1.82, 2.24) is 5.32 Å². The maximum atomic E-state index is 12.1. The third-order valence-electron chi connectivity index (χ3n) is 4.06. The van der Waals surface area contributed by atoms with Crippen molar-refractivity contribution in [2.75, 3.05) is 17.1 Å². The summed E-state index contributed by atoms with van der Waals surface area (Å²) in [6.45, 7) is 8.06. The number of sulfonamides is 1. The van der Waals surface area contributed by atoms with Crippen LogP contribution in [0, 0.1) is 12.8 Å². The van der Waals surface area contributed by atoms with Crippen molar-refractivity contribution in [2.45, 2.75) is 46.6 Å². The molecule has 0 aliphatic carbocycles. The third-order valence-corrected chi connectivity index (χ3v) is 5.65. The molecule has 1 amide bonds. The summed E-state index contributed by atoms with van der Waals surface area (Å²) in [7, 11) is -3.45. The maximum Gasteiger partial charge on any atom is 0.232 e. The second-order valence-electron chi connectivity index (χ2n) is 6.42. The number of anilines is 1. The van der Waals surface area contributed by atoms with Gasteiger partial charge in [0, 0.05) is 24.0 Å². The Kier molecular flexibility index (Phi) is 7.55. The molecule has 0 radical (unpaired) electrons. The fraction of sp³-hybridized carbons (Fsp3) is 0.588. The minimum Gasteiger partial charge on any atom is -0.353 e. The average Bonchev–Trinajstić information content (AvgIpc) is 2.45. The van der Waals surface area contributed by atoms with Crippen molar-refractivity contribution >= 4 is 33.2 Å². The molecular weight excluding hydrogens is 348 g/mol. The Labute approximate surface area is 150 Å². The summed E-state index contributed by atoms with van der Waals surface area (Å²) in [6, 6.07) is 5.27. The molecule has 0 spiro atoms. The number of amides is 1. The van der Waals surface area contributed by atoms with E-state index in [9.17, 15) is 13.2 Å². The van der Waals surface area contributed by atoms with Crippen LogP contribution in [0.15, 0.2) is 18.2 Å². The summed E-state index contributed by atoms with van der Waals surface area (Å²) >= 11 is 6.09. The second kappa shape index (κ2) is 8.72. The molecule has 0 saturated carbocycles. The lowest BCUT2D eigenvalue weighted by molar-refractivity contribution is -0.122. The van der Waals surface area contributed by atoms with E-state index in [1.165, 1.54) is 4.31 Å². The van der Waals surface area contributed by atoms with Crippen LogP contribution >= 0.6 is 11.6 Å². The molecule has 0 fully saturated rings. The van der Waals surface area contributed by atoms with Crippen molar-refractivity contribution in [3.63, 3.8) is 0 Å². The lowest BCUT2D eigenvalue weighted by Gasteiger charge is -2.24. The smallest absolute Gasteiger partial charge is 0.232 e. The van der Waals surface area contributed by atoms with Crippen LogP contribution in [-0.2, 0) is 14.8 Å². The number of nitrogens with one attached hydrogen (secondary N) is 1. The zero-order valence-corrected chi connectivity index (χ0v) is 16.5. The van der Waals surface area contributed by atoms with E-state index in [4.69, 9.17) is 11.6 Å². The van der Waals surface area contributed by atoms with E-state index in [0.29, 0.717) is 28.6 Å². The SMILES string of the molecule is Cc1c(Cl)cccc1N(CCCC(=O)NC(C)C(C)C)S(C)(=O)=O. The molecule has 1 aromatic carbocycles. The van der Waals surface area contributed by atoms with Gasteiger partial charge in [0.05, 0.1) is 11.9 Å². The first-order valence-electron chi connectivity index (χ1n) is 8.06. The standard InChI is InChI=1S/C17H27ClN2O3S/c1-12(2)14(4)19-17(21)10-7-11-20(24(5,22)23)16-9-6-8-15(18)13(16)3/h6,8-9,12,14H,7,10-11H2,1-5H3,(H,19,21). The van der Waals surface area contributed by atoms with Crippen molar-refractivity contribution in [2.24, 2.45) is 5.92 Å². The predicted octanol–water partition coefficient (Wildman–Crippen LogP) is 3.36. The van der Waals surface area contributed by atoms with Crippen LogP contribution in [0.1, 0.15) is 39.2 Å². The van der Waals surface area contributed by atoms with Gasteiger partial charge in [0.2, 0.25) is 15.9 Å². The van der Waals surface area contributed by atoms with Crippen LogP contribution in [-0.4, -0.2) is 33.2 Å². The fourth-order valence-electron chi connectivity index (χ4n) is 2.21. The fourth-order valence-corrected chi connectivity index (χ4v) is 3.39. The van der Waals surface area contributed by atoms with Gasteiger partial charge in [0.25, 0.3) is 0 Å². The number of halogens is 1. The normalized spacial score (nSPS) is 13.0. The number of hydrogen-bond acceptors (Lipinski definition) is 3. The highest BCUT2D eigenvalue weighted by Gasteiger charge is 2.20. The molecule has 1 unspecified atom stereocenters. The van der Waals surface area contributed by atoms with E-state index in [2.05, 4.69) is 5.32 Å². The molecular formula is C17H27ClN2O3S. The minimum atomic E-state index is -3.45. The Bertz CT molecular complexity index is 674. The largest absolute Gasteiger partial charge is 0.353 e. The summed E-state index contributed by atoms with van der Waals surface area (Å²) in [5, 5.41) is 3.44. The van der Waals surface area contributed by atoms with Crippen LogP contribution in [0.25, 0.3) is 0 Å². The molecule has 1 atom stereocenters. The maximum absolute atomic E-state index is 12.1. The van der Waals surface area contributed by atoms with Crippen molar-refractivity contribution in [3.05, 3.63) is 28.8 Å². The number of rotatable bonds is 8. The third kappa shape index (κ3) is 5.98. The van der Waals surface area contributed by atoms with Gasteiger partial charge in [-0.3, -0.25) is 9.10 Å². The topological polar surface area (TPSA) is 66.5 Å². The van der Waals surface area contributed by atoms with Crippen LogP contribution in [0.5, 0.6) is 0 Å². The van der Waals surface area contributed by atoms with Gasteiger partial charge in [-0.15, -0.1) is 0 Å². The van der Waals surface area contributed by atoms with E-state index in [1.54, 1.807) is 25.1 Å². The Morgan fingerprint density at radius 1 is 1.29 bits per heavy atom. The van der Waals surface area contributed by atoms with E-state index in [-0.39, 0.29) is 24.9 Å². The summed E-state index contributed by atoms with van der Waals surface area (Å²) in [5.74, 6) is 0.294. The molecule has 0 saturated heterocycles. The Balaban J connectivity index is 2.77. The Morgan fingerprint density at radius 3 is 2.46 bits per heavy atom. The van der Waals surface area contributed by atoms with Crippen molar-refractivity contribution < 1.29 is 13.2 Å². The van der Waals surface area contributed by atoms with Crippen LogP contribution in [0.3, 0.4) is 0 Å². The van der Waals surface area contributed by atoms with Crippen LogP contribution < -0.4 is 9.62 Å². The Hall–Kier alpha value is -1.27. The molecule has 0 bridgehead atoms. The van der Waals surface area contributed by atoms with Gasteiger partial charge in [0.1, 0.15) is 0 Å². The molecule has 7 heteroatoms. The van der Waals surface area contributed by atoms with Crippen molar-refractivity contribution in [1.29, 1.82) is 0 Å². The highest BCUT2D eigenvalue weighted by Crippen LogP contribution is 2.28. The Morgan fingerprint density at radius 2 is 1.92 bits per heavy atom. The van der Waals surface area contributed by atoms with Gasteiger partial charge >= 0.3 is 0 Å². The van der Waals surface area contributed by atoms with Gasteiger partial charge in [-0.2, -0.15) is 0 Å². The molecule has 5 nitrogen and oxygen atoms in total. The quantitative estimate of drug-likeness (QED) is 0.758. The first kappa shape index (κ1) is 20.8. The summed E-state index contributed by atoms with van der Waals surface area (Å²) in [6.07, 6.45) is 1.88. The number of hydrogen-bond donors (Lipinski definition) is 1. The highest BCUT2D eigenvalue weighted by atomic mass is 35.5. The molecule has 0 heterocycles. The molecule has 1 N–H and O–H groups in total.